The highest BCUT2D eigenvalue weighted by Crippen LogP contribution is 2.18. The van der Waals surface area contributed by atoms with Crippen molar-refractivity contribution in [3.05, 3.63) is 35.2 Å². The van der Waals surface area contributed by atoms with Gasteiger partial charge in [-0.3, -0.25) is 0 Å². The van der Waals surface area contributed by atoms with Crippen LogP contribution in [0.15, 0.2) is 33.8 Å². The van der Waals surface area contributed by atoms with E-state index < -0.39 is 0 Å². The maximum absolute atomic E-state index is 5.89. The third-order valence-electron chi connectivity index (χ3n) is 3.65. The molecule has 2 rings (SSSR count). The Morgan fingerprint density at radius 2 is 1.96 bits per heavy atom. The predicted molar refractivity (Wildman–Crippen MR) is 97.0 cm³/mol. The molecule has 0 bridgehead atoms. The number of nitrogens with one attached hydrogen (secondary N) is 2. The molecular weight excluding hydrogens is 326 g/mol. The van der Waals surface area contributed by atoms with Gasteiger partial charge in [-0.2, -0.15) is 4.98 Å². The fraction of sp³-hybridized carbons (Fsp3) is 0.471. The summed E-state index contributed by atoms with van der Waals surface area (Å²) < 4.78 is 5.27. The van der Waals surface area contributed by atoms with Crippen LogP contribution in [0.1, 0.15) is 33.6 Å². The molecule has 0 aliphatic carbocycles. The molecule has 24 heavy (non-hydrogen) atoms. The molecule has 0 amide bonds. The average Bonchev–Trinajstić information content (AvgIpc) is 3.02. The first-order chi connectivity index (χ1) is 11.5. The Balaban J connectivity index is 2.05. The van der Waals surface area contributed by atoms with E-state index in [1.54, 1.807) is 12.1 Å². The van der Waals surface area contributed by atoms with Gasteiger partial charge in [-0.15, -0.1) is 0 Å². The molecule has 2 aromatic rings. The number of aromatic nitrogens is 2. The van der Waals surface area contributed by atoms with Crippen LogP contribution in [-0.4, -0.2) is 28.7 Å². The van der Waals surface area contributed by atoms with Gasteiger partial charge in [0, 0.05) is 23.2 Å². The van der Waals surface area contributed by atoms with Crippen molar-refractivity contribution < 1.29 is 4.52 Å². The summed E-state index contributed by atoms with van der Waals surface area (Å²) >= 11 is 5.89. The molecule has 2 N–H and O–H groups in total. The molecule has 7 heteroatoms. The summed E-state index contributed by atoms with van der Waals surface area (Å²) in [7, 11) is 0. The molecule has 6 nitrogen and oxygen atoms in total. The normalized spacial score (nSPS) is 13.2. The number of halogens is 1. The maximum Gasteiger partial charge on any atom is 0.248 e. The minimum Gasteiger partial charge on any atom is -0.357 e. The molecule has 0 aliphatic rings. The fourth-order valence-electron chi connectivity index (χ4n) is 1.88. The minimum absolute atomic E-state index is 0.315. The largest absolute Gasteiger partial charge is 0.357 e. The Labute approximate surface area is 147 Å². The lowest BCUT2D eigenvalue weighted by Crippen LogP contribution is -2.44. The second-order valence-corrected chi connectivity index (χ2v) is 6.33. The second-order valence-electron chi connectivity index (χ2n) is 5.89. The Morgan fingerprint density at radius 3 is 2.58 bits per heavy atom. The van der Waals surface area contributed by atoms with Crippen LogP contribution in [0.4, 0.5) is 0 Å². The molecule has 0 saturated carbocycles. The number of benzene rings is 1. The molecule has 1 atom stereocenters. The van der Waals surface area contributed by atoms with Crippen LogP contribution in [-0.2, 0) is 6.54 Å². The summed E-state index contributed by atoms with van der Waals surface area (Å²) in [6.45, 7) is 9.60. The van der Waals surface area contributed by atoms with Crippen LogP contribution in [0.25, 0.3) is 11.4 Å². The van der Waals surface area contributed by atoms with Gasteiger partial charge in [0.25, 0.3) is 0 Å². The SMILES string of the molecule is CCNC(=NCc1nc(-c2ccc(Cl)cc2)no1)NC(C)C(C)C. The van der Waals surface area contributed by atoms with Gasteiger partial charge in [-0.1, -0.05) is 30.6 Å². The lowest BCUT2D eigenvalue weighted by molar-refractivity contribution is 0.380. The van der Waals surface area contributed by atoms with Crippen LogP contribution in [0.5, 0.6) is 0 Å². The van der Waals surface area contributed by atoms with Crippen molar-refractivity contribution in [3.63, 3.8) is 0 Å². The van der Waals surface area contributed by atoms with Crippen LogP contribution < -0.4 is 10.6 Å². The number of hydrogen-bond donors (Lipinski definition) is 2. The van der Waals surface area contributed by atoms with Crippen molar-refractivity contribution >= 4 is 17.6 Å². The molecule has 0 saturated heterocycles. The van der Waals surface area contributed by atoms with Crippen molar-refractivity contribution in [2.75, 3.05) is 6.54 Å². The lowest BCUT2D eigenvalue weighted by atomic mass is 10.1. The summed E-state index contributed by atoms with van der Waals surface area (Å²) in [5, 5.41) is 11.2. The highest BCUT2D eigenvalue weighted by molar-refractivity contribution is 6.30. The molecule has 1 aromatic carbocycles. The number of aliphatic imine (C=N–C) groups is 1. The van der Waals surface area contributed by atoms with Crippen molar-refractivity contribution in [2.24, 2.45) is 10.9 Å². The van der Waals surface area contributed by atoms with Gasteiger partial charge >= 0.3 is 0 Å². The quantitative estimate of drug-likeness (QED) is 0.616. The summed E-state index contributed by atoms with van der Waals surface area (Å²) in [5.74, 6) is 2.25. The van der Waals surface area contributed by atoms with Crippen LogP contribution in [0.3, 0.4) is 0 Å². The second kappa shape index (κ2) is 8.68. The molecular formula is C17H24ClN5O. The molecule has 0 fully saturated rings. The Kier molecular flexibility index (Phi) is 6.61. The van der Waals surface area contributed by atoms with Crippen molar-refractivity contribution in [1.29, 1.82) is 0 Å². The fourth-order valence-corrected chi connectivity index (χ4v) is 2.01. The predicted octanol–water partition coefficient (Wildman–Crippen LogP) is 3.49. The average molecular weight is 350 g/mol. The minimum atomic E-state index is 0.315. The maximum atomic E-state index is 5.89. The Morgan fingerprint density at radius 1 is 1.25 bits per heavy atom. The third-order valence-corrected chi connectivity index (χ3v) is 3.90. The molecule has 0 radical (unpaired) electrons. The summed E-state index contributed by atoms with van der Waals surface area (Å²) in [6, 6.07) is 7.62. The first-order valence-corrected chi connectivity index (χ1v) is 8.50. The van der Waals surface area contributed by atoms with E-state index in [0.29, 0.717) is 35.2 Å². The van der Waals surface area contributed by atoms with Gasteiger partial charge in [0.1, 0.15) is 6.54 Å². The molecule has 0 aliphatic heterocycles. The van der Waals surface area contributed by atoms with E-state index in [9.17, 15) is 0 Å². The molecule has 1 heterocycles. The molecule has 0 spiro atoms. The van der Waals surface area contributed by atoms with Gasteiger partial charge in [0.2, 0.25) is 11.7 Å². The van der Waals surface area contributed by atoms with E-state index in [0.717, 1.165) is 18.1 Å². The first kappa shape index (κ1) is 18.3. The van der Waals surface area contributed by atoms with Crippen LogP contribution in [0, 0.1) is 5.92 Å². The Bertz CT molecular complexity index is 666. The van der Waals surface area contributed by atoms with Gasteiger partial charge < -0.3 is 15.2 Å². The summed E-state index contributed by atoms with van der Waals surface area (Å²) in [4.78, 5) is 8.88. The Hall–Kier alpha value is -2.08. The van der Waals surface area contributed by atoms with Crippen LogP contribution in [0.2, 0.25) is 5.02 Å². The first-order valence-electron chi connectivity index (χ1n) is 8.13. The van der Waals surface area contributed by atoms with Crippen molar-refractivity contribution in [3.8, 4) is 11.4 Å². The third kappa shape index (κ3) is 5.23. The number of rotatable bonds is 6. The highest BCUT2D eigenvalue weighted by atomic mass is 35.5. The number of guanidine groups is 1. The summed E-state index contributed by atoms with van der Waals surface area (Å²) in [5.41, 5.74) is 0.858. The smallest absolute Gasteiger partial charge is 0.248 e. The van der Waals surface area contributed by atoms with Gasteiger partial charge in [0.05, 0.1) is 0 Å². The zero-order valence-corrected chi connectivity index (χ0v) is 15.3. The van der Waals surface area contributed by atoms with E-state index in [1.807, 2.05) is 19.1 Å². The van der Waals surface area contributed by atoms with Crippen molar-refractivity contribution in [2.45, 2.75) is 40.3 Å². The number of nitrogens with zero attached hydrogens (tertiary/aromatic N) is 3. The molecule has 1 aromatic heterocycles. The standard InChI is InChI=1S/C17H24ClN5O/c1-5-19-17(21-12(4)11(2)3)20-10-15-22-16(23-24-15)13-6-8-14(18)9-7-13/h6-9,11-12H,5,10H2,1-4H3,(H2,19,20,21). The van der Waals surface area contributed by atoms with Crippen LogP contribution >= 0.6 is 11.6 Å². The molecule has 130 valence electrons. The zero-order chi connectivity index (χ0) is 17.5. The summed E-state index contributed by atoms with van der Waals surface area (Å²) in [6.07, 6.45) is 0. The van der Waals surface area contributed by atoms with E-state index in [1.165, 1.54) is 0 Å². The lowest BCUT2D eigenvalue weighted by Gasteiger charge is -2.20. The zero-order valence-electron chi connectivity index (χ0n) is 14.5. The highest BCUT2D eigenvalue weighted by Gasteiger charge is 2.11. The van der Waals surface area contributed by atoms with Gasteiger partial charge in [0.15, 0.2) is 5.96 Å². The topological polar surface area (TPSA) is 75.3 Å². The number of hydrogen-bond acceptors (Lipinski definition) is 4. The van der Waals surface area contributed by atoms with Gasteiger partial charge in [-0.25, -0.2) is 4.99 Å². The van der Waals surface area contributed by atoms with E-state index >= 15 is 0 Å². The van der Waals surface area contributed by atoms with E-state index in [-0.39, 0.29) is 0 Å². The van der Waals surface area contributed by atoms with Crippen molar-refractivity contribution in [1.82, 2.24) is 20.8 Å². The van der Waals surface area contributed by atoms with Gasteiger partial charge in [-0.05, 0) is 44.0 Å². The monoisotopic (exact) mass is 349 g/mol. The van der Waals surface area contributed by atoms with E-state index in [4.69, 9.17) is 16.1 Å². The van der Waals surface area contributed by atoms with E-state index in [2.05, 4.69) is 46.5 Å². The molecule has 1 unspecified atom stereocenters.